The summed E-state index contributed by atoms with van der Waals surface area (Å²) in [7, 11) is 6.14. The summed E-state index contributed by atoms with van der Waals surface area (Å²) >= 11 is 0. The molecule has 0 spiro atoms. The summed E-state index contributed by atoms with van der Waals surface area (Å²) in [5.74, 6) is 2.54. The van der Waals surface area contributed by atoms with Crippen molar-refractivity contribution in [2.45, 2.75) is 63.7 Å². The van der Waals surface area contributed by atoms with Crippen LogP contribution in [0, 0.1) is 11.8 Å². The van der Waals surface area contributed by atoms with E-state index in [0.717, 1.165) is 42.6 Å². The van der Waals surface area contributed by atoms with Gasteiger partial charge >= 0.3 is 5.97 Å². The zero-order chi connectivity index (χ0) is 19.1. The highest BCUT2D eigenvalue weighted by Crippen LogP contribution is 2.39. The lowest BCUT2D eigenvalue weighted by Gasteiger charge is -2.14. The Morgan fingerprint density at radius 1 is 1.37 bits per heavy atom. The Morgan fingerprint density at radius 3 is 3.04 bits per heavy atom. The molecule has 0 saturated carbocycles. The average Bonchev–Trinajstić information content (AvgIpc) is 3.38. The molecule has 1 aromatic rings. The van der Waals surface area contributed by atoms with Gasteiger partial charge in [-0.05, 0) is 32.1 Å². The molecule has 5 nitrogen and oxygen atoms in total. The van der Waals surface area contributed by atoms with Crippen LogP contribution in [0.3, 0.4) is 0 Å². The van der Waals surface area contributed by atoms with E-state index in [1.807, 2.05) is 24.0 Å². The van der Waals surface area contributed by atoms with Crippen molar-refractivity contribution in [3.8, 4) is 0 Å². The van der Waals surface area contributed by atoms with Crippen molar-refractivity contribution in [1.82, 2.24) is 9.55 Å². The maximum atomic E-state index is 11.8. The van der Waals surface area contributed by atoms with E-state index in [-0.39, 0.29) is 17.8 Å². The molecule has 3 atom stereocenters. The number of esters is 1. The molecule has 2 aliphatic rings. The molecule has 2 fully saturated rings. The number of rotatable bonds is 11. The Labute approximate surface area is 170 Å². The van der Waals surface area contributed by atoms with Crippen LogP contribution in [0.25, 0.3) is 0 Å². The van der Waals surface area contributed by atoms with Crippen molar-refractivity contribution in [1.29, 1.82) is 0 Å². The second-order valence-corrected chi connectivity index (χ2v) is 10.4. The van der Waals surface area contributed by atoms with E-state index in [4.69, 9.17) is 9.47 Å². The molecular weight excluding hydrogens is 380 g/mol. The first-order chi connectivity index (χ1) is 13.2. The minimum absolute atomic E-state index is 0.0285. The molecule has 0 aliphatic carbocycles. The highest BCUT2D eigenvalue weighted by atomic mass is 33.1. The Balaban J connectivity index is 1.33. The van der Waals surface area contributed by atoms with Crippen LogP contribution < -0.4 is 0 Å². The number of hydrogen-bond acceptors (Lipinski definition) is 6. The summed E-state index contributed by atoms with van der Waals surface area (Å²) in [5.41, 5.74) is 1.15. The largest absolute Gasteiger partial charge is 0.465 e. The number of unbranched alkanes of at least 4 members (excludes halogenated alkanes) is 2. The third kappa shape index (κ3) is 5.91. The van der Waals surface area contributed by atoms with E-state index in [1.54, 1.807) is 0 Å². The summed E-state index contributed by atoms with van der Waals surface area (Å²) in [6, 6.07) is 0. The molecule has 2 saturated heterocycles. The molecule has 0 radical (unpaired) electrons. The molecule has 7 heteroatoms. The van der Waals surface area contributed by atoms with Gasteiger partial charge in [0.2, 0.25) is 0 Å². The fourth-order valence-corrected chi connectivity index (χ4v) is 6.89. The van der Waals surface area contributed by atoms with Crippen molar-refractivity contribution in [3.63, 3.8) is 0 Å². The van der Waals surface area contributed by atoms with E-state index in [2.05, 4.69) is 27.3 Å². The predicted octanol–water partition coefficient (Wildman–Crippen LogP) is 4.39. The molecule has 3 rings (SSSR count). The Kier molecular flexibility index (Phi) is 8.40. The Hall–Kier alpha value is -0.660. The third-order valence-corrected chi connectivity index (χ3v) is 8.68. The lowest BCUT2D eigenvalue weighted by molar-refractivity contribution is -0.141. The van der Waals surface area contributed by atoms with E-state index >= 15 is 0 Å². The van der Waals surface area contributed by atoms with Crippen molar-refractivity contribution in [2.24, 2.45) is 18.9 Å². The summed E-state index contributed by atoms with van der Waals surface area (Å²) in [6.45, 7) is 3.95. The number of aromatic nitrogens is 2. The zero-order valence-corrected chi connectivity index (χ0v) is 18.2. The molecule has 0 N–H and O–H groups in total. The normalized spacial score (nSPS) is 25.3. The second kappa shape index (κ2) is 10.8. The number of ether oxygens (including phenoxy) is 2. The molecule has 27 heavy (non-hydrogen) atoms. The van der Waals surface area contributed by atoms with Gasteiger partial charge in [-0.15, -0.1) is 0 Å². The summed E-state index contributed by atoms with van der Waals surface area (Å²) in [6.07, 6.45) is 10.0. The van der Waals surface area contributed by atoms with Gasteiger partial charge in [-0.3, -0.25) is 4.79 Å². The standard InChI is InChI=1S/C20H32N2O3S2/c1-3-18-15(13-25-20(18)23)11-16-12-21-19(22(16)2)14-24-9-6-4-5-7-17-8-10-26-27-17/h12,15,17-18H,3-11,13-14H2,1-2H3/t15-,17+,18-/m0/s1. The van der Waals surface area contributed by atoms with Crippen molar-refractivity contribution in [3.05, 3.63) is 17.7 Å². The summed E-state index contributed by atoms with van der Waals surface area (Å²) in [5, 5.41) is 0.884. The molecule has 152 valence electrons. The average molecular weight is 413 g/mol. The first kappa shape index (κ1) is 21.1. The first-order valence-corrected chi connectivity index (χ1v) is 12.6. The molecule has 0 bridgehead atoms. The van der Waals surface area contributed by atoms with Crippen LogP contribution in [0.2, 0.25) is 0 Å². The molecular formula is C20H32N2O3S2. The lowest BCUT2D eigenvalue weighted by Crippen LogP contribution is -2.18. The highest BCUT2D eigenvalue weighted by molar-refractivity contribution is 8.77. The van der Waals surface area contributed by atoms with Gasteiger partial charge in [0.15, 0.2) is 0 Å². The van der Waals surface area contributed by atoms with Gasteiger partial charge in [0.1, 0.15) is 12.4 Å². The highest BCUT2D eigenvalue weighted by Gasteiger charge is 2.35. The van der Waals surface area contributed by atoms with E-state index in [1.165, 1.54) is 31.4 Å². The quantitative estimate of drug-likeness (QED) is 0.305. The number of hydrogen-bond donors (Lipinski definition) is 0. The van der Waals surface area contributed by atoms with Gasteiger partial charge in [0.25, 0.3) is 0 Å². The van der Waals surface area contributed by atoms with Crippen LogP contribution in [0.1, 0.15) is 57.0 Å². The maximum Gasteiger partial charge on any atom is 0.309 e. The minimum atomic E-state index is -0.0431. The van der Waals surface area contributed by atoms with E-state index < -0.39 is 0 Å². The molecule has 0 amide bonds. The van der Waals surface area contributed by atoms with Gasteiger partial charge < -0.3 is 14.0 Å². The topological polar surface area (TPSA) is 53.4 Å². The monoisotopic (exact) mass is 412 g/mol. The first-order valence-electron chi connectivity index (χ1n) is 10.2. The molecule has 0 aromatic carbocycles. The Bertz CT molecular complexity index is 602. The minimum Gasteiger partial charge on any atom is -0.465 e. The van der Waals surface area contributed by atoms with E-state index in [0.29, 0.717) is 13.2 Å². The van der Waals surface area contributed by atoms with Gasteiger partial charge in [-0.25, -0.2) is 4.98 Å². The smallest absolute Gasteiger partial charge is 0.309 e. The number of imidazole rings is 1. The maximum absolute atomic E-state index is 11.8. The lowest BCUT2D eigenvalue weighted by atomic mass is 9.89. The SMILES string of the molecule is CC[C@@H]1C(=O)OC[C@@H]1Cc1cnc(COCCCCC[C@@H]2CCSS2)n1C. The Morgan fingerprint density at radius 2 is 2.26 bits per heavy atom. The van der Waals surface area contributed by atoms with Crippen LogP contribution in [-0.4, -0.2) is 39.7 Å². The number of nitrogens with zero attached hydrogens (tertiary/aromatic N) is 2. The van der Waals surface area contributed by atoms with E-state index in [9.17, 15) is 4.79 Å². The summed E-state index contributed by atoms with van der Waals surface area (Å²) < 4.78 is 13.2. The predicted molar refractivity (Wildman–Crippen MR) is 112 cm³/mol. The van der Waals surface area contributed by atoms with Crippen LogP contribution in [0.5, 0.6) is 0 Å². The van der Waals surface area contributed by atoms with Gasteiger partial charge in [0.05, 0.1) is 12.5 Å². The van der Waals surface area contributed by atoms with Crippen LogP contribution in [0.15, 0.2) is 6.20 Å². The van der Waals surface area contributed by atoms with Crippen molar-refractivity contribution in [2.75, 3.05) is 19.0 Å². The fraction of sp³-hybridized carbons (Fsp3) is 0.800. The molecule has 0 unspecified atom stereocenters. The van der Waals surface area contributed by atoms with Gasteiger partial charge in [-0.2, -0.15) is 0 Å². The third-order valence-electron chi connectivity index (χ3n) is 5.68. The second-order valence-electron chi connectivity index (χ2n) is 7.56. The zero-order valence-electron chi connectivity index (χ0n) is 16.5. The van der Waals surface area contributed by atoms with Crippen LogP contribution in [-0.2, 0) is 34.3 Å². The van der Waals surface area contributed by atoms with Crippen LogP contribution in [0.4, 0.5) is 0 Å². The summed E-state index contributed by atoms with van der Waals surface area (Å²) in [4.78, 5) is 16.3. The molecule has 2 aliphatic heterocycles. The van der Waals surface area contributed by atoms with Gasteiger partial charge in [-0.1, -0.05) is 41.4 Å². The van der Waals surface area contributed by atoms with Crippen molar-refractivity contribution >= 4 is 27.6 Å². The van der Waals surface area contributed by atoms with Gasteiger partial charge in [0, 0.05) is 42.5 Å². The van der Waals surface area contributed by atoms with Crippen LogP contribution >= 0.6 is 21.6 Å². The molecule has 3 heterocycles. The number of carbonyl (C=O) groups is 1. The molecule has 1 aromatic heterocycles. The fourth-order valence-electron chi connectivity index (χ4n) is 3.87. The number of cyclic esters (lactones) is 1. The van der Waals surface area contributed by atoms with Crippen molar-refractivity contribution < 1.29 is 14.3 Å². The number of carbonyl (C=O) groups excluding carboxylic acids is 1.